The second-order valence-corrected chi connectivity index (χ2v) is 10.4. The highest BCUT2D eigenvalue weighted by Crippen LogP contribution is 2.39. The van der Waals surface area contributed by atoms with Crippen LogP contribution in [0, 0.1) is 5.92 Å². The Bertz CT molecular complexity index is 1350. The van der Waals surface area contributed by atoms with Crippen LogP contribution in [-0.4, -0.2) is 40.9 Å². The Labute approximate surface area is 233 Å². The Morgan fingerprint density at radius 3 is 2.30 bits per heavy atom. The summed E-state index contributed by atoms with van der Waals surface area (Å²) < 4.78 is 11.7. The van der Waals surface area contributed by atoms with E-state index in [1.807, 2.05) is 42.5 Å². The zero-order valence-corrected chi connectivity index (χ0v) is 22.5. The SMILES string of the molecule is COc1ccc2c(c1OCc1ccccc1)C[C@H](C(=O)O)N(C(=O)[C@H](NC(=O)C1CCCC1)c1ccccc1)C2. The summed E-state index contributed by atoms with van der Waals surface area (Å²) in [6.45, 7) is 0.358. The van der Waals surface area contributed by atoms with Crippen LogP contribution in [0.2, 0.25) is 0 Å². The van der Waals surface area contributed by atoms with Gasteiger partial charge < -0.3 is 24.8 Å². The number of amides is 2. The third kappa shape index (κ3) is 5.81. The van der Waals surface area contributed by atoms with Crippen molar-refractivity contribution in [2.24, 2.45) is 5.92 Å². The predicted molar refractivity (Wildman–Crippen MR) is 149 cm³/mol. The van der Waals surface area contributed by atoms with Crippen LogP contribution in [0.5, 0.6) is 11.5 Å². The Kier molecular flexibility index (Phi) is 8.34. The first-order valence-corrected chi connectivity index (χ1v) is 13.7. The molecule has 0 unspecified atom stereocenters. The first kappa shape index (κ1) is 27.2. The van der Waals surface area contributed by atoms with Gasteiger partial charge in [-0.25, -0.2) is 4.79 Å². The molecule has 2 N–H and O–H groups in total. The quantitative estimate of drug-likeness (QED) is 0.408. The van der Waals surface area contributed by atoms with Crippen LogP contribution in [0.4, 0.5) is 0 Å². The topological polar surface area (TPSA) is 105 Å². The average molecular weight is 543 g/mol. The number of hydrogen-bond donors (Lipinski definition) is 2. The van der Waals surface area contributed by atoms with Crippen LogP contribution in [-0.2, 0) is 34.0 Å². The Hall–Kier alpha value is -4.33. The molecule has 40 heavy (non-hydrogen) atoms. The number of hydrogen-bond acceptors (Lipinski definition) is 5. The van der Waals surface area contributed by atoms with Crippen LogP contribution in [0.3, 0.4) is 0 Å². The second kappa shape index (κ2) is 12.2. The van der Waals surface area contributed by atoms with Gasteiger partial charge in [0.25, 0.3) is 5.91 Å². The van der Waals surface area contributed by atoms with Crippen LogP contribution >= 0.6 is 0 Å². The molecule has 8 nitrogen and oxygen atoms in total. The first-order valence-electron chi connectivity index (χ1n) is 13.7. The van der Waals surface area contributed by atoms with Gasteiger partial charge in [0.15, 0.2) is 11.5 Å². The molecule has 1 aliphatic heterocycles. The lowest BCUT2D eigenvalue weighted by Crippen LogP contribution is -2.53. The van der Waals surface area contributed by atoms with E-state index in [1.165, 1.54) is 4.90 Å². The number of carboxylic acids is 1. The fourth-order valence-electron chi connectivity index (χ4n) is 5.66. The normalized spacial score (nSPS) is 17.5. The van der Waals surface area contributed by atoms with Crippen molar-refractivity contribution in [3.63, 3.8) is 0 Å². The summed E-state index contributed by atoms with van der Waals surface area (Å²) in [5.41, 5.74) is 3.07. The summed E-state index contributed by atoms with van der Waals surface area (Å²) in [7, 11) is 1.54. The number of ether oxygens (including phenoxy) is 2. The maximum Gasteiger partial charge on any atom is 0.326 e. The molecule has 0 bridgehead atoms. The van der Waals surface area contributed by atoms with E-state index in [-0.39, 0.29) is 31.4 Å². The van der Waals surface area contributed by atoms with Gasteiger partial charge in [-0.05, 0) is 35.6 Å². The highest BCUT2D eigenvalue weighted by atomic mass is 16.5. The van der Waals surface area contributed by atoms with E-state index in [4.69, 9.17) is 9.47 Å². The van der Waals surface area contributed by atoms with E-state index in [9.17, 15) is 19.5 Å². The van der Waals surface area contributed by atoms with Crippen molar-refractivity contribution >= 4 is 17.8 Å². The molecule has 0 saturated heterocycles. The van der Waals surface area contributed by atoms with E-state index < -0.39 is 24.0 Å². The lowest BCUT2D eigenvalue weighted by atomic mass is 9.91. The minimum absolute atomic E-state index is 0.0514. The Morgan fingerprint density at radius 2 is 1.65 bits per heavy atom. The van der Waals surface area contributed by atoms with Gasteiger partial charge in [0, 0.05) is 24.4 Å². The van der Waals surface area contributed by atoms with Gasteiger partial charge in [-0.15, -0.1) is 0 Å². The van der Waals surface area contributed by atoms with Gasteiger partial charge in [-0.1, -0.05) is 79.6 Å². The first-order chi connectivity index (χ1) is 19.5. The molecule has 1 aliphatic carbocycles. The number of rotatable bonds is 9. The molecule has 2 aliphatic rings. The molecule has 5 rings (SSSR count). The number of fused-ring (bicyclic) bond motifs is 1. The van der Waals surface area contributed by atoms with Gasteiger partial charge >= 0.3 is 5.97 Å². The summed E-state index contributed by atoms with van der Waals surface area (Å²) >= 11 is 0. The van der Waals surface area contributed by atoms with E-state index in [0.29, 0.717) is 22.6 Å². The fourth-order valence-corrected chi connectivity index (χ4v) is 5.66. The molecule has 0 aromatic heterocycles. The number of carbonyl (C=O) groups is 3. The van der Waals surface area contributed by atoms with Crippen molar-refractivity contribution in [3.05, 3.63) is 95.1 Å². The number of nitrogens with zero attached hydrogens (tertiary/aromatic N) is 1. The zero-order chi connectivity index (χ0) is 28.1. The molecule has 3 aromatic rings. The molecule has 1 heterocycles. The third-order valence-electron chi connectivity index (χ3n) is 7.84. The van der Waals surface area contributed by atoms with E-state index in [2.05, 4.69) is 5.32 Å². The number of carboxylic acid groups (broad SMARTS) is 1. The van der Waals surface area contributed by atoms with Crippen molar-refractivity contribution in [2.75, 3.05) is 7.11 Å². The summed E-state index contributed by atoms with van der Waals surface area (Å²) in [6.07, 6.45) is 3.62. The van der Waals surface area contributed by atoms with Gasteiger partial charge in [-0.3, -0.25) is 9.59 Å². The van der Waals surface area contributed by atoms with Crippen molar-refractivity contribution in [3.8, 4) is 11.5 Å². The number of benzene rings is 3. The van der Waals surface area contributed by atoms with Gasteiger partial charge in [0.2, 0.25) is 5.91 Å². The second-order valence-electron chi connectivity index (χ2n) is 10.4. The lowest BCUT2D eigenvalue weighted by Gasteiger charge is -2.37. The van der Waals surface area contributed by atoms with Crippen LogP contribution in [0.15, 0.2) is 72.8 Å². The maximum absolute atomic E-state index is 14.1. The number of nitrogens with one attached hydrogen (secondary N) is 1. The van der Waals surface area contributed by atoms with Crippen molar-refractivity contribution in [1.29, 1.82) is 0 Å². The largest absolute Gasteiger partial charge is 0.493 e. The molecule has 0 spiro atoms. The Balaban J connectivity index is 1.46. The Morgan fingerprint density at radius 1 is 0.975 bits per heavy atom. The predicted octanol–water partition coefficient (Wildman–Crippen LogP) is 4.66. The zero-order valence-electron chi connectivity index (χ0n) is 22.5. The lowest BCUT2D eigenvalue weighted by molar-refractivity contribution is -0.153. The molecule has 1 fully saturated rings. The summed E-state index contributed by atoms with van der Waals surface area (Å²) in [5.74, 6) is -0.873. The minimum Gasteiger partial charge on any atom is -0.493 e. The molecule has 3 aromatic carbocycles. The van der Waals surface area contributed by atoms with Crippen LogP contribution in [0.1, 0.15) is 54.0 Å². The highest BCUT2D eigenvalue weighted by Gasteiger charge is 2.40. The van der Waals surface area contributed by atoms with Crippen LogP contribution in [0.25, 0.3) is 0 Å². The summed E-state index contributed by atoms with van der Waals surface area (Å²) in [5, 5.41) is 13.2. The maximum atomic E-state index is 14.1. The molecule has 1 saturated carbocycles. The van der Waals surface area contributed by atoms with E-state index in [0.717, 1.165) is 36.8 Å². The molecular weight excluding hydrogens is 508 g/mol. The molecule has 2 atom stereocenters. The molecule has 208 valence electrons. The molecule has 0 radical (unpaired) electrons. The average Bonchev–Trinajstić information content (AvgIpc) is 3.54. The van der Waals surface area contributed by atoms with Crippen molar-refractivity contribution in [1.82, 2.24) is 10.2 Å². The smallest absolute Gasteiger partial charge is 0.326 e. The number of carbonyl (C=O) groups excluding carboxylic acids is 2. The number of methoxy groups -OCH3 is 1. The van der Waals surface area contributed by atoms with Crippen LogP contribution < -0.4 is 14.8 Å². The molecular formula is C32H34N2O6. The molecule has 2 amide bonds. The minimum atomic E-state index is -1.14. The highest BCUT2D eigenvalue weighted by molar-refractivity contribution is 5.92. The fraction of sp³-hybridized carbons (Fsp3) is 0.344. The van der Waals surface area contributed by atoms with E-state index in [1.54, 1.807) is 37.4 Å². The van der Waals surface area contributed by atoms with Gasteiger partial charge in [0.05, 0.1) is 7.11 Å². The summed E-state index contributed by atoms with van der Waals surface area (Å²) in [6, 6.07) is 20.2. The molecule has 8 heteroatoms. The third-order valence-corrected chi connectivity index (χ3v) is 7.84. The summed E-state index contributed by atoms with van der Waals surface area (Å²) in [4.78, 5) is 41.1. The van der Waals surface area contributed by atoms with Crippen molar-refractivity contribution in [2.45, 2.75) is 57.3 Å². The number of aliphatic carboxylic acids is 1. The standard InChI is InChI=1S/C32H34N2O6/c1-39-27-17-16-24-19-34(26(32(37)38)18-25(24)29(27)40-20-21-10-4-2-5-11-21)31(36)28(22-12-6-3-7-13-22)33-30(35)23-14-8-9-15-23/h2-7,10-13,16-17,23,26,28H,8-9,14-15,18-20H2,1H3,(H,33,35)(H,37,38)/t26-,28-/m1/s1. The van der Waals surface area contributed by atoms with Gasteiger partial charge in [0.1, 0.15) is 18.7 Å². The monoisotopic (exact) mass is 542 g/mol. The van der Waals surface area contributed by atoms with Crippen molar-refractivity contribution < 1.29 is 29.0 Å². The van der Waals surface area contributed by atoms with E-state index >= 15 is 0 Å². The van der Waals surface area contributed by atoms with Gasteiger partial charge in [-0.2, -0.15) is 0 Å².